The Bertz CT molecular complexity index is 690. The highest BCUT2D eigenvalue weighted by atomic mass is 35.5. The van der Waals surface area contributed by atoms with Gasteiger partial charge in [0.15, 0.2) is 0 Å². The number of hydrogen-bond acceptors (Lipinski definition) is 4. The topological polar surface area (TPSA) is 68.0 Å². The van der Waals surface area contributed by atoms with Crippen LogP contribution >= 0.6 is 36.2 Å². The summed E-state index contributed by atoms with van der Waals surface area (Å²) in [6, 6.07) is 7.07. The van der Waals surface area contributed by atoms with E-state index in [-0.39, 0.29) is 48.6 Å². The number of carbonyl (C=O) groups is 1. The number of nitrogens with zero attached hydrogens (tertiary/aromatic N) is 1. The highest BCUT2D eigenvalue weighted by Gasteiger charge is 2.21. The summed E-state index contributed by atoms with van der Waals surface area (Å²) in [5.74, 6) is -0.395. The highest BCUT2D eigenvalue weighted by Crippen LogP contribution is 2.19. The fourth-order valence-electron chi connectivity index (χ4n) is 2.82. The van der Waals surface area contributed by atoms with Gasteiger partial charge >= 0.3 is 0 Å². The van der Waals surface area contributed by atoms with Gasteiger partial charge in [0, 0.05) is 23.9 Å². The first-order valence-electron chi connectivity index (χ1n) is 7.86. The van der Waals surface area contributed by atoms with E-state index in [2.05, 4.69) is 10.3 Å². The van der Waals surface area contributed by atoms with E-state index in [0.29, 0.717) is 17.7 Å². The SMILES string of the molecule is Cl.Cl.NC1CCC(NC(=O)c2csc(Cc3ccccc3F)n2)CC1. The van der Waals surface area contributed by atoms with Crippen molar-refractivity contribution in [2.45, 2.75) is 44.2 Å². The molecular weight excluding hydrogens is 384 g/mol. The minimum atomic E-state index is -0.243. The number of carbonyl (C=O) groups excluding carboxylic acids is 1. The largest absolute Gasteiger partial charge is 0.348 e. The molecule has 138 valence electrons. The third-order valence-electron chi connectivity index (χ3n) is 4.19. The summed E-state index contributed by atoms with van der Waals surface area (Å²) >= 11 is 1.39. The average Bonchev–Trinajstić information content (AvgIpc) is 3.01. The van der Waals surface area contributed by atoms with Crippen molar-refractivity contribution in [1.29, 1.82) is 0 Å². The van der Waals surface area contributed by atoms with Gasteiger partial charge in [-0.05, 0) is 37.3 Å². The quantitative estimate of drug-likeness (QED) is 0.814. The summed E-state index contributed by atoms with van der Waals surface area (Å²) in [6.07, 6.45) is 4.13. The molecule has 1 aliphatic carbocycles. The van der Waals surface area contributed by atoms with Crippen molar-refractivity contribution in [3.63, 3.8) is 0 Å². The zero-order valence-corrected chi connectivity index (χ0v) is 16.1. The van der Waals surface area contributed by atoms with Gasteiger partial charge in [-0.1, -0.05) is 18.2 Å². The van der Waals surface area contributed by atoms with Crippen LogP contribution < -0.4 is 11.1 Å². The molecule has 0 unspecified atom stereocenters. The molecule has 1 aromatic heterocycles. The first-order chi connectivity index (χ1) is 11.1. The number of nitrogens with one attached hydrogen (secondary N) is 1. The van der Waals surface area contributed by atoms with E-state index in [1.165, 1.54) is 17.4 Å². The van der Waals surface area contributed by atoms with E-state index in [0.717, 1.165) is 30.7 Å². The number of amides is 1. The highest BCUT2D eigenvalue weighted by molar-refractivity contribution is 7.09. The molecule has 0 atom stereocenters. The molecule has 0 aliphatic heterocycles. The summed E-state index contributed by atoms with van der Waals surface area (Å²) in [7, 11) is 0. The van der Waals surface area contributed by atoms with Gasteiger partial charge in [0.1, 0.15) is 11.5 Å². The number of rotatable bonds is 4. The van der Waals surface area contributed by atoms with Crippen LogP contribution in [-0.4, -0.2) is 23.0 Å². The number of halogens is 3. The number of aromatic nitrogens is 1. The lowest BCUT2D eigenvalue weighted by Crippen LogP contribution is -2.40. The smallest absolute Gasteiger partial charge is 0.270 e. The summed E-state index contributed by atoms with van der Waals surface area (Å²) in [5.41, 5.74) is 6.88. The Morgan fingerprint density at radius 2 is 1.92 bits per heavy atom. The molecule has 1 aromatic carbocycles. The van der Waals surface area contributed by atoms with Crippen LogP contribution in [0.5, 0.6) is 0 Å². The first-order valence-corrected chi connectivity index (χ1v) is 8.74. The van der Waals surface area contributed by atoms with Crippen LogP contribution in [0, 0.1) is 5.82 Å². The zero-order chi connectivity index (χ0) is 16.2. The lowest BCUT2D eigenvalue weighted by atomic mass is 9.92. The van der Waals surface area contributed by atoms with Gasteiger partial charge in [0.2, 0.25) is 0 Å². The minimum Gasteiger partial charge on any atom is -0.348 e. The van der Waals surface area contributed by atoms with Crippen molar-refractivity contribution >= 4 is 42.1 Å². The van der Waals surface area contributed by atoms with E-state index in [1.54, 1.807) is 23.6 Å². The van der Waals surface area contributed by atoms with E-state index in [1.807, 2.05) is 0 Å². The Kier molecular flexibility index (Phi) is 8.79. The van der Waals surface area contributed by atoms with Crippen LogP contribution in [0.4, 0.5) is 4.39 Å². The predicted octanol–water partition coefficient (Wildman–Crippen LogP) is 3.72. The van der Waals surface area contributed by atoms with Crippen LogP contribution in [0.25, 0.3) is 0 Å². The summed E-state index contributed by atoms with van der Waals surface area (Å²) in [5, 5.41) is 5.50. The molecule has 1 fully saturated rings. The van der Waals surface area contributed by atoms with Gasteiger partial charge in [-0.15, -0.1) is 36.2 Å². The van der Waals surface area contributed by atoms with Crippen molar-refractivity contribution in [2.75, 3.05) is 0 Å². The van der Waals surface area contributed by atoms with Crippen molar-refractivity contribution in [3.05, 3.63) is 51.7 Å². The molecule has 1 amide bonds. The maximum absolute atomic E-state index is 13.7. The Morgan fingerprint density at radius 1 is 1.24 bits per heavy atom. The molecule has 3 N–H and O–H groups in total. The molecule has 0 radical (unpaired) electrons. The predicted molar refractivity (Wildman–Crippen MR) is 104 cm³/mol. The maximum atomic E-state index is 13.7. The number of nitrogens with two attached hydrogens (primary N) is 1. The van der Waals surface area contributed by atoms with Crippen LogP contribution in [0.1, 0.15) is 46.7 Å². The van der Waals surface area contributed by atoms with E-state index in [9.17, 15) is 9.18 Å². The second-order valence-corrected chi connectivity index (χ2v) is 6.92. The number of benzene rings is 1. The third kappa shape index (κ3) is 5.92. The first kappa shape index (κ1) is 21.8. The Balaban J connectivity index is 0.00000156. The summed E-state index contributed by atoms with van der Waals surface area (Å²) in [6.45, 7) is 0. The Morgan fingerprint density at radius 3 is 2.60 bits per heavy atom. The maximum Gasteiger partial charge on any atom is 0.270 e. The Labute approximate surface area is 163 Å². The molecule has 1 aliphatic rings. The van der Waals surface area contributed by atoms with Crippen molar-refractivity contribution in [1.82, 2.24) is 10.3 Å². The van der Waals surface area contributed by atoms with Crippen molar-refractivity contribution in [2.24, 2.45) is 5.73 Å². The molecule has 1 saturated carbocycles. The summed E-state index contributed by atoms with van der Waals surface area (Å²) < 4.78 is 13.7. The minimum absolute atomic E-state index is 0. The standard InChI is InChI=1S/C17H20FN3OS.2ClH/c18-14-4-2-1-3-11(14)9-16-21-15(10-23-16)17(22)20-13-7-5-12(19)6-8-13;;/h1-4,10,12-13H,5-9,19H2,(H,20,22);2*1H. The summed E-state index contributed by atoms with van der Waals surface area (Å²) in [4.78, 5) is 16.6. The zero-order valence-electron chi connectivity index (χ0n) is 13.6. The van der Waals surface area contributed by atoms with Gasteiger partial charge < -0.3 is 11.1 Å². The van der Waals surface area contributed by atoms with Crippen LogP contribution in [0.15, 0.2) is 29.6 Å². The Hall–Kier alpha value is -1.21. The molecule has 8 heteroatoms. The van der Waals surface area contributed by atoms with Crippen molar-refractivity contribution < 1.29 is 9.18 Å². The monoisotopic (exact) mass is 405 g/mol. The van der Waals surface area contributed by atoms with Crippen molar-refractivity contribution in [3.8, 4) is 0 Å². The van der Waals surface area contributed by atoms with Crippen LogP contribution in [-0.2, 0) is 6.42 Å². The molecule has 2 aromatic rings. The normalized spacial score (nSPS) is 19.4. The average molecular weight is 406 g/mol. The van der Waals surface area contributed by atoms with Gasteiger partial charge in [-0.25, -0.2) is 9.37 Å². The van der Waals surface area contributed by atoms with Crippen LogP contribution in [0.2, 0.25) is 0 Å². The number of thiazole rings is 1. The lowest BCUT2D eigenvalue weighted by molar-refractivity contribution is 0.0921. The second kappa shape index (κ2) is 10.1. The third-order valence-corrected chi connectivity index (χ3v) is 5.04. The number of hydrogen-bond donors (Lipinski definition) is 2. The molecule has 3 rings (SSSR count). The van der Waals surface area contributed by atoms with Gasteiger partial charge in [-0.2, -0.15) is 0 Å². The second-order valence-electron chi connectivity index (χ2n) is 5.98. The molecule has 4 nitrogen and oxygen atoms in total. The molecule has 0 saturated heterocycles. The van der Waals surface area contributed by atoms with E-state index in [4.69, 9.17) is 5.73 Å². The molecule has 1 heterocycles. The van der Waals surface area contributed by atoms with Gasteiger partial charge in [0.25, 0.3) is 5.91 Å². The fraction of sp³-hybridized carbons (Fsp3) is 0.412. The fourth-order valence-corrected chi connectivity index (χ4v) is 3.62. The van der Waals surface area contributed by atoms with E-state index >= 15 is 0 Å². The molecule has 0 spiro atoms. The van der Waals surface area contributed by atoms with E-state index < -0.39 is 0 Å². The molecule has 25 heavy (non-hydrogen) atoms. The van der Waals surface area contributed by atoms with Gasteiger partial charge in [0.05, 0.1) is 5.01 Å². The van der Waals surface area contributed by atoms with Crippen LogP contribution in [0.3, 0.4) is 0 Å². The van der Waals surface area contributed by atoms with Gasteiger partial charge in [-0.3, -0.25) is 4.79 Å². The lowest BCUT2D eigenvalue weighted by Gasteiger charge is -2.26. The molecular formula is C17H22Cl2FN3OS. The molecule has 0 bridgehead atoms.